The summed E-state index contributed by atoms with van der Waals surface area (Å²) in [5, 5.41) is 0. The third-order valence-electron chi connectivity index (χ3n) is 3.77. The Balaban J connectivity index is 2.44. The monoisotopic (exact) mass is 239 g/mol. The maximum atomic E-state index is 12.2. The number of nitrogens with two attached hydrogens (primary N) is 1. The van der Waals surface area contributed by atoms with E-state index in [-0.39, 0.29) is 11.0 Å². The average molecular weight is 239 g/mol. The number of hydrogen-bond acceptors (Lipinski definition) is 2. The predicted octanol–water partition coefficient (Wildman–Crippen LogP) is 3.54. The number of hydrogen-bond donors (Lipinski definition) is 1. The Morgan fingerprint density at radius 3 is 1.88 bits per heavy atom. The SMILES string of the molecule is CC(C)(N)CC1CCC(C(=O)C(C)(C)C)CC1. The first-order chi connectivity index (χ1) is 7.59. The van der Waals surface area contributed by atoms with Gasteiger partial charge in [-0.1, -0.05) is 20.8 Å². The lowest BCUT2D eigenvalue weighted by Crippen LogP contribution is -2.37. The van der Waals surface area contributed by atoms with E-state index in [9.17, 15) is 4.79 Å². The van der Waals surface area contributed by atoms with Crippen LogP contribution in [-0.4, -0.2) is 11.3 Å². The summed E-state index contributed by atoms with van der Waals surface area (Å²) in [5.74, 6) is 1.47. The largest absolute Gasteiger partial charge is 0.326 e. The van der Waals surface area contributed by atoms with Crippen molar-refractivity contribution in [2.45, 2.75) is 72.3 Å². The van der Waals surface area contributed by atoms with Gasteiger partial charge in [0.15, 0.2) is 0 Å². The number of ketones is 1. The van der Waals surface area contributed by atoms with Crippen LogP contribution >= 0.6 is 0 Å². The van der Waals surface area contributed by atoms with Crippen molar-refractivity contribution < 1.29 is 4.79 Å². The van der Waals surface area contributed by atoms with E-state index >= 15 is 0 Å². The Labute approximate surface area is 106 Å². The molecule has 0 aromatic rings. The highest BCUT2D eigenvalue weighted by Crippen LogP contribution is 2.36. The van der Waals surface area contributed by atoms with Crippen molar-refractivity contribution in [3.05, 3.63) is 0 Å². The molecule has 0 bridgehead atoms. The van der Waals surface area contributed by atoms with Gasteiger partial charge in [0.25, 0.3) is 0 Å². The molecule has 2 heteroatoms. The highest BCUT2D eigenvalue weighted by atomic mass is 16.1. The van der Waals surface area contributed by atoms with Crippen LogP contribution in [-0.2, 0) is 4.79 Å². The topological polar surface area (TPSA) is 43.1 Å². The molecular weight excluding hydrogens is 210 g/mol. The summed E-state index contributed by atoms with van der Waals surface area (Å²) in [6, 6.07) is 0. The van der Waals surface area contributed by atoms with Crippen molar-refractivity contribution in [2.24, 2.45) is 23.0 Å². The molecule has 0 aliphatic heterocycles. The molecule has 0 spiro atoms. The molecule has 1 aliphatic rings. The zero-order valence-electron chi connectivity index (χ0n) is 12.2. The third-order valence-corrected chi connectivity index (χ3v) is 3.77. The van der Waals surface area contributed by atoms with Crippen LogP contribution in [0.25, 0.3) is 0 Å². The van der Waals surface area contributed by atoms with Gasteiger partial charge in [0.1, 0.15) is 5.78 Å². The lowest BCUT2D eigenvalue weighted by atomic mass is 9.71. The van der Waals surface area contributed by atoms with Crippen molar-refractivity contribution >= 4 is 5.78 Å². The number of carbonyl (C=O) groups is 1. The quantitative estimate of drug-likeness (QED) is 0.818. The van der Waals surface area contributed by atoms with Crippen LogP contribution in [0.2, 0.25) is 0 Å². The van der Waals surface area contributed by atoms with Gasteiger partial charge in [-0.2, -0.15) is 0 Å². The smallest absolute Gasteiger partial charge is 0.141 e. The molecule has 100 valence electrons. The van der Waals surface area contributed by atoms with Gasteiger partial charge in [0.2, 0.25) is 0 Å². The van der Waals surface area contributed by atoms with Crippen molar-refractivity contribution in [1.29, 1.82) is 0 Å². The van der Waals surface area contributed by atoms with E-state index in [1.165, 1.54) is 12.8 Å². The van der Waals surface area contributed by atoms with Crippen LogP contribution in [0.4, 0.5) is 0 Å². The summed E-state index contributed by atoms with van der Waals surface area (Å²) in [5.41, 5.74) is 5.82. The fraction of sp³-hybridized carbons (Fsp3) is 0.933. The predicted molar refractivity (Wildman–Crippen MR) is 72.8 cm³/mol. The molecule has 0 atom stereocenters. The van der Waals surface area contributed by atoms with Gasteiger partial charge in [0, 0.05) is 16.9 Å². The van der Waals surface area contributed by atoms with Crippen molar-refractivity contribution in [3.8, 4) is 0 Å². The highest BCUT2D eigenvalue weighted by molar-refractivity contribution is 5.85. The van der Waals surface area contributed by atoms with Crippen LogP contribution < -0.4 is 5.73 Å². The van der Waals surface area contributed by atoms with Gasteiger partial charge in [0.05, 0.1) is 0 Å². The lowest BCUT2D eigenvalue weighted by molar-refractivity contribution is -0.131. The summed E-state index contributed by atoms with van der Waals surface area (Å²) in [7, 11) is 0. The molecule has 0 radical (unpaired) electrons. The maximum Gasteiger partial charge on any atom is 0.141 e. The fourth-order valence-electron chi connectivity index (χ4n) is 2.99. The minimum absolute atomic E-state index is 0.0639. The van der Waals surface area contributed by atoms with Gasteiger partial charge >= 0.3 is 0 Å². The van der Waals surface area contributed by atoms with Gasteiger partial charge in [-0.3, -0.25) is 4.79 Å². The Morgan fingerprint density at radius 1 is 1.06 bits per heavy atom. The van der Waals surface area contributed by atoms with E-state index in [0.29, 0.717) is 11.7 Å². The van der Waals surface area contributed by atoms with E-state index in [1.807, 2.05) is 20.8 Å². The zero-order valence-corrected chi connectivity index (χ0v) is 12.2. The second-order valence-corrected chi connectivity index (χ2v) is 7.52. The Kier molecular flexibility index (Phi) is 4.40. The molecule has 1 aliphatic carbocycles. The highest BCUT2D eigenvalue weighted by Gasteiger charge is 2.33. The number of rotatable bonds is 3. The first-order valence-electron chi connectivity index (χ1n) is 6.93. The van der Waals surface area contributed by atoms with Crippen LogP contribution in [0.3, 0.4) is 0 Å². The van der Waals surface area contributed by atoms with E-state index in [1.54, 1.807) is 0 Å². The zero-order chi connectivity index (χ0) is 13.3. The molecule has 0 aromatic carbocycles. The van der Waals surface area contributed by atoms with Crippen molar-refractivity contribution in [1.82, 2.24) is 0 Å². The van der Waals surface area contributed by atoms with Crippen molar-refractivity contribution in [2.75, 3.05) is 0 Å². The van der Waals surface area contributed by atoms with Gasteiger partial charge < -0.3 is 5.73 Å². The van der Waals surface area contributed by atoms with Crippen LogP contribution in [0.5, 0.6) is 0 Å². The summed E-state index contributed by atoms with van der Waals surface area (Å²) in [6.07, 6.45) is 5.57. The molecule has 1 rings (SSSR count). The molecule has 0 unspecified atom stereocenters. The van der Waals surface area contributed by atoms with Crippen LogP contribution in [0, 0.1) is 17.3 Å². The molecule has 0 amide bonds. The summed E-state index contributed by atoms with van der Waals surface area (Å²) >= 11 is 0. The van der Waals surface area contributed by atoms with Gasteiger partial charge in [-0.15, -0.1) is 0 Å². The van der Waals surface area contributed by atoms with E-state index < -0.39 is 0 Å². The molecule has 0 heterocycles. The number of carbonyl (C=O) groups excluding carboxylic acids is 1. The lowest BCUT2D eigenvalue weighted by Gasteiger charge is -2.34. The van der Waals surface area contributed by atoms with E-state index in [0.717, 1.165) is 25.2 Å². The molecule has 2 nitrogen and oxygen atoms in total. The Bertz CT molecular complexity index is 262. The Hall–Kier alpha value is -0.370. The molecule has 17 heavy (non-hydrogen) atoms. The van der Waals surface area contributed by atoms with Gasteiger partial charge in [-0.05, 0) is 51.9 Å². The minimum atomic E-state index is -0.176. The normalized spacial score (nSPS) is 26.9. The molecule has 1 fully saturated rings. The number of Topliss-reactive ketones (excluding diaryl/α,β-unsaturated/α-hetero) is 1. The van der Waals surface area contributed by atoms with E-state index in [4.69, 9.17) is 5.73 Å². The summed E-state index contributed by atoms with van der Waals surface area (Å²) < 4.78 is 0. The first-order valence-corrected chi connectivity index (χ1v) is 6.93. The standard InChI is InChI=1S/C15H29NO/c1-14(2,3)13(17)12-8-6-11(7-9-12)10-15(4,5)16/h11-12H,6-10,16H2,1-5H3. The minimum Gasteiger partial charge on any atom is -0.326 e. The summed E-state index contributed by atoms with van der Waals surface area (Å²) in [6.45, 7) is 10.3. The summed E-state index contributed by atoms with van der Waals surface area (Å²) in [4.78, 5) is 12.2. The second-order valence-electron chi connectivity index (χ2n) is 7.52. The van der Waals surface area contributed by atoms with Crippen LogP contribution in [0.15, 0.2) is 0 Å². The average Bonchev–Trinajstić information content (AvgIpc) is 2.14. The third kappa shape index (κ3) is 4.79. The van der Waals surface area contributed by atoms with Gasteiger partial charge in [-0.25, -0.2) is 0 Å². The first kappa shape index (κ1) is 14.7. The molecule has 1 saturated carbocycles. The molecule has 0 aromatic heterocycles. The van der Waals surface area contributed by atoms with E-state index in [2.05, 4.69) is 13.8 Å². The fourth-order valence-corrected chi connectivity index (χ4v) is 2.99. The van der Waals surface area contributed by atoms with Crippen LogP contribution in [0.1, 0.15) is 66.7 Å². The molecule has 0 saturated heterocycles. The Morgan fingerprint density at radius 2 is 1.53 bits per heavy atom. The molecule has 2 N–H and O–H groups in total. The second kappa shape index (κ2) is 5.09. The molecular formula is C15H29NO. The van der Waals surface area contributed by atoms with Crippen molar-refractivity contribution in [3.63, 3.8) is 0 Å². The maximum absolute atomic E-state index is 12.2.